The molecule has 0 bridgehead atoms. The predicted octanol–water partition coefficient (Wildman–Crippen LogP) is 3.78. The lowest BCUT2D eigenvalue weighted by Gasteiger charge is -2.11. The minimum Gasteiger partial charge on any atom is -0.493 e. The van der Waals surface area contributed by atoms with Gasteiger partial charge in [-0.05, 0) is 43.2 Å². The summed E-state index contributed by atoms with van der Waals surface area (Å²) in [5, 5.41) is 7.21. The molecular weight excluding hydrogens is 487 g/mol. The van der Waals surface area contributed by atoms with E-state index in [-0.39, 0.29) is 39.8 Å². The van der Waals surface area contributed by atoms with Crippen LogP contribution in [0.2, 0.25) is 0 Å². The number of thioether (sulfide) groups is 1. The first-order valence-corrected chi connectivity index (χ1v) is 9.97. The maximum atomic E-state index is 12.3. The molecule has 0 saturated heterocycles. The molecule has 0 heterocycles. The van der Waals surface area contributed by atoms with Gasteiger partial charge in [0.2, 0.25) is 0 Å². The Labute approximate surface area is 175 Å². The number of nitrogens with two attached hydrogens (primary N) is 1. The van der Waals surface area contributed by atoms with Gasteiger partial charge in [-0.25, -0.2) is 0 Å². The monoisotopic (exact) mass is 508 g/mol. The van der Waals surface area contributed by atoms with E-state index in [0.29, 0.717) is 18.1 Å². The SMILES string of the molecule is Cc1cc(OCCCSC(=N)N)cc(OS(=O)(=O)c2ccccc2)c1.I. The zero-order valence-corrected chi connectivity index (χ0v) is 18.1. The second-order valence-electron chi connectivity index (χ2n) is 5.25. The molecule has 0 unspecified atom stereocenters. The van der Waals surface area contributed by atoms with Gasteiger partial charge in [0.25, 0.3) is 0 Å². The van der Waals surface area contributed by atoms with Gasteiger partial charge in [0.1, 0.15) is 16.4 Å². The zero-order chi connectivity index (χ0) is 18.3. The van der Waals surface area contributed by atoms with E-state index < -0.39 is 10.1 Å². The van der Waals surface area contributed by atoms with Gasteiger partial charge in [0, 0.05) is 11.8 Å². The highest BCUT2D eigenvalue weighted by Gasteiger charge is 2.16. The molecule has 0 aliphatic heterocycles. The van der Waals surface area contributed by atoms with E-state index >= 15 is 0 Å². The van der Waals surface area contributed by atoms with Crippen molar-refractivity contribution >= 4 is 51.0 Å². The van der Waals surface area contributed by atoms with Gasteiger partial charge in [-0.1, -0.05) is 30.0 Å². The van der Waals surface area contributed by atoms with Crippen molar-refractivity contribution in [1.82, 2.24) is 0 Å². The molecule has 0 aliphatic carbocycles. The maximum Gasteiger partial charge on any atom is 0.339 e. The highest BCUT2D eigenvalue weighted by molar-refractivity contribution is 14.0. The summed E-state index contributed by atoms with van der Waals surface area (Å²) in [6, 6.07) is 13.0. The Kier molecular flexibility index (Phi) is 9.23. The summed E-state index contributed by atoms with van der Waals surface area (Å²) in [6.45, 7) is 2.27. The Hall–Kier alpha value is -1.46. The third-order valence-electron chi connectivity index (χ3n) is 3.08. The molecule has 3 N–H and O–H groups in total. The molecule has 0 amide bonds. The highest BCUT2D eigenvalue weighted by atomic mass is 127. The summed E-state index contributed by atoms with van der Waals surface area (Å²) < 4.78 is 35.4. The van der Waals surface area contributed by atoms with E-state index in [1.807, 2.05) is 6.92 Å². The first-order chi connectivity index (χ1) is 11.9. The summed E-state index contributed by atoms with van der Waals surface area (Å²) in [4.78, 5) is 0.0974. The number of hydrogen-bond acceptors (Lipinski definition) is 6. The molecule has 0 saturated carbocycles. The Morgan fingerprint density at radius 2 is 1.81 bits per heavy atom. The van der Waals surface area contributed by atoms with Crippen molar-refractivity contribution in [2.24, 2.45) is 5.73 Å². The summed E-state index contributed by atoms with van der Waals surface area (Å²) in [5.74, 6) is 1.43. The van der Waals surface area contributed by atoms with E-state index in [4.69, 9.17) is 20.1 Å². The van der Waals surface area contributed by atoms with Crippen LogP contribution in [0.5, 0.6) is 11.5 Å². The fraction of sp³-hybridized carbons (Fsp3) is 0.235. The Bertz CT molecular complexity index is 830. The molecule has 0 fully saturated rings. The average Bonchev–Trinajstić information content (AvgIpc) is 2.54. The van der Waals surface area contributed by atoms with Gasteiger partial charge in [0.05, 0.1) is 6.61 Å². The van der Waals surface area contributed by atoms with Crippen LogP contribution < -0.4 is 14.7 Å². The molecule has 0 spiro atoms. The number of nitrogens with one attached hydrogen (secondary N) is 1. The van der Waals surface area contributed by atoms with Crippen molar-refractivity contribution < 1.29 is 17.3 Å². The third-order valence-corrected chi connectivity index (χ3v) is 5.14. The number of halogens is 1. The summed E-state index contributed by atoms with van der Waals surface area (Å²) in [5.41, 5.74) is 6.09. The number of amidine groups is 1. The fourth-order valence-electron chi connectivity index (χ4n) is 2.04. The number of ether oxygens (including phenoxy) is 1. The molecule has 2 aromatic carbocycles. The van der Waals surface area contributed by atoms with Crippen LogP contribution in [0, 0.1) is 12.3 Å². The van der Waals surface area contributed by atoms with E-state index in [2.05, 4.69) is 0 Å². The van der Waals surface area contributed by atoms with Crippen molar-refractivity contribution in [2.75, 3.05) is 12.4 Å². The fourth-order valence-corrected chi connectivity index (χ4v) is 3.46. The van der Waals surface area contributed by atoms with Crippen molar-refractivity contribution in [1.29, 1.82) is 5.41 Å². The molecular formula is C17H21IN2O4S2. The Morgan fingerprint density at radius 3 is 2.46 bits per heavy atom. The predicted molar refractivity (Wildman–Crippen MR) is 115 cm³/mol. The second kappa shape index (κ2) is 10.6. The molecule has 0 aromatic heterocycles. The van der Waals surface area contributed by atoms with E-state index in [1.165, 1.54) is 23.9 Å². The van der Waals surface area contributed by atoms with Crippen LogP contribution >= 0.6 is 35.7 Å². The molecule has 9 heteroatoms. The molecule has 0 atom stereocenters. The van der Waals surface area contributed by atoms with Gasteiger partial charge in [-0.2, -0.15) is 8.42 Å². The second-order valence-corrected chi connectivity index (χ2v) is 7.93. The Balaban J connectivity index is 0.00000338. The summed E-state index contributed by atoms with van der Waals surface area (Å²) in [7, 11) is -3.88. The quantitative estimate of drug-likeness (QED) is 0.185. The van der Waals surface area contributed by atoms with Crippen LogP contribution in [0.4, 0.5) is 0 Å². The van der Waals surface area contributed by atoms with Crippen molar-refractivity contribution in [2.45, 2.75) is 18.2 Å². The van der Waals surface area contributed by atoms with Crippen LogP contribution in [-0.2, 0) is 10.1 Å². The number of aryl methyl sites for hydroxylation is 1. The molecule has 0 radical (unpaired) electrons. The molecule has 26 heavy (non-hydrogen) atoms. The van der Waals surface area contributed by atoms with Crippen LogP contribution in [0.3, 0.4) is 0 Å². The number of benzene rings is 2. The number of hydrogen-bond donors (Lipinski definition) is 2. The summed E-state index contributed by atoms with van der Waals surface area (Å²) in [6.07, 6.45) is 0.719. The minimum atomic E-state index is -3.88. The average molecular weight is 508 g/mol. The topological polar surface area (TPSA) is 102 Å². The lowest BCUT2D eigenvalue weighted by atomic mass is 10.2. The van der Waals surface area contributed by atoms with Gasteiger partial charge < -0.3 is 14.7 Å². The third kappa shape index (κ3) is 7.42. The van der Waals surface area contributed by atoms with Gasteiger partial charge >= 0.3 is 10.1 Å². The lowest BCUT2D eigenvalue weighted by molar-refractivity contribution is 0.317. The minimum absolute atomic E-state index is 0. The standard InChI is InChI=1S/C17H20N2O4S2.HI/c1-13-10-14(22-8-5-9-24-17(18)19)12-15(11-13)23-25(20,21)16-6-3-2-4-7-16;/h2-4,6-7,10-12H,5,8-9H2,1H3,(H3,18,19);1H. The van der Waals surface area contributed by atoms with Crippen molar-refractivity contribution in [3.05, 3.63) is 54.1 Å². The van der Waals surface area contributed by atoms with Crippen LogP contribution in [0.25, 0.3) is 0 Å². The first kappa shape index (κ1) is 22.6. The molecule has 2 rings (SSSR count). The van der Waals surface area contributed by atoms with E-state index in [0.717, 1.165) is 12.0 Å². The van der Waals surface area contributed by atoms with Crippen molar-refractivity contribution in [3.63, 3.8) is 0 Å². The lowest BCUT2D eigenvalue weighted by Crippen LogP contribution is -2.10. The van der Waals surface area contributed by atoms with Crippen LogP contribution in [-0.4, -0.2) is 25.9 Å². The van der Waals surface area contributed by atoms with Crippen LogP contribution in [0.1, 0.15) is 12.0 Å². The van der Waals surface area contributed by atoms with Crippen molar-refractivity contribution in [3.8, 4) is 11.5 Å². The van der Waals surface area contributed by atoms with E-state index in [9.17, 15) is 8.42 Å². The highest BCUT2D eigenvalue weighted by Crippen LogP contribution is 2.25. The zero-order valence-electron chi connectivity index (χ0n) is 14.2. The molecule has 2 aromatic rings. The molecule has 142 valence electrons. The van der Waals surface area contributed by atoms with E-state index in [1.54, 1.807) is 36.4 Å². The largest absolute Gasteiger partial charge is 0.493 e. The molecule has 6 nitrogen and oxygen atoms in total. The first-order valence-electron chi connectivity index (χ1n) is 7.58. The Morgan fingerprint density at radius 1 is 1.15 bits per heavy atom. The maximum absolute atomic E-state index is 12.3. The van der Waals surface area contributed by atoms with Crippen LogP contribution in [0.15, 0.2) is 53.4 Å². The van der Waals surface area contributed by atoms with Gasteiger partial charge in [0.15, 0.2) is 5.17 Å². The normalized spacial score (nSPS) is 10.7. The van der Waals surface area contributed by atoms with Gasteiger partial charge in [-0.15, -0.1) is 24.0 Å². The molecule has 0 aliphatic rings. The summed E-state index contributed by atoms with van der Waals surface area (Å²) >= 11 is 1.26. The van der Waals surface area contributed by atoms with Gasteiger partial charge in [-0.3, -0.25) is 5.41 Å². The number of rotatable bonds is 8. The smallest absolute Gasteiger partial charge is 0.339 e.